The maximum absolute atomic E-state index is 2.47. The van der Waals surface area contributed by atoms with Gasteiger partial charge in [0.2, 0.25) is 0 Å². The Labute approximate surface area is 390 Å². The molecule has 0 saturated carbocycles. The molecule has 0 bridgehead atoms. The van der Waals surface area contributed by atoms with Crippen molar-refractivity contribution in [3.05, 3.63) is 289 Å². The molecule has 314 valence electrons. The van der Waals surface area contributed by atoms with E-state index in [1.807, 2.05) is 0 Å². The highest BCUT2D eigenvalue weighted by Crippen LogP contribution is 2.58. The first-order valence-corrected chi connectivity index (χ1v) is 23.2. The zero-order chi connectivity index (χ0) is 44.3. The minimum atomic E-state index is -0.628. The van der Waals surface area contributed by atoms with E-state index < -0.39 is 5.41 Å². The summed E-state index contributed by atoms with van der Waals surface area (Å²) in [6.45, 7) is 0. The van der Waals surface area contributed by atoms with Crippen LogP contribution in [0.15, 0.2) is 267 Å². The molecule has 1 aliphatic carbocycles. The van der Waals surface area contributed by atoms with Gasteiger partial charge in [-0.25, -0.2) is 0 Å². The van der Waals surface area contributed by atoms with Crippen LogP contribution in [0.25, 0.3) is 71.5 Å². The van der Waals surface area contributed by atoms with Gasteiger partial charge in [-0.15, -0.1) is 0 Å². The lowest BCUT2D eigenvalue weighted by Gasteiger charge is -2.35. The van der Waals surface area contributed by atoms with Gasteiger partial charge in [-0.3, -0.25) is 0 Å². The van der Waals surface area contributed by atoms with E-state index >= 15 is 0 Å². The summed E-state index contributed by atoms with van der Waals surface area (Å²) < 4.78 is 2.42. The molecule has 2 nitrogen and oxygen atoms in total. The molecule has 1 aliphatic rings. The SMILES string of the molecule is c1ccc(-c2ccc(N(c3ccc(-c4ccccc4)cc3)c3ccc4c(c3)C(c3ccccc3)(c3ccccc3)c3cc(-n5ccc6c7ccccc7c7ccccc7c65)ccc3-4)cc2)cc1. The fourth-order valence-corrected chi connectivity index (χ4v) is 11.1. The number of benzene rings is 11. The number of hydrogen-bond acceptors (Lipinski definition) is 1. The molecule has 0 fully saturated rings. The van der Waals surface area contributed by atoms with Crippen LogP contribution in [0.5, 0.6) is 0 Å². The molecule has 0 atom stereocenters. The standard InChI is InChI=1S/C65H44N2/c1-5-17-45(18-6-1)47-29-33-51(34-30-47)67(52-35-31-48(32-36-52)46-19-7-2-8-20-46)54-38-40-59-58-39-37-53(66-42-41-61-57-27-14-13-25-55(57)56-26-15-16-28-60(56)64(61)66)43-62(58)65(63(59)44-54,49-21-9-3-10-22-49)50-23-11-4-12-24-50/h1-44H. The van der Waals surface area contributed by atoms with Gasteiger partial charge < -0.3 is 9.47 Å². The Morgan fingerprint density at radius 2 is 0.687 bits per heavy atom. The van der Waals surface area contributed by atoms with Crippen molar-refractivity contribution in [1.29, 1.82) is 0 Å². The van der Waals surface area contributed by atoms with E-state index in [1.165, 1.54) is 88.1 Å². The average Bonchev–Trinajstić information content (AvgIpc) is 3.99. The second kappa shape index (κ2) is 15.8. The third kappa shape index (κ3) is 6.18. The molecule has 11 aromatic carbocycles. The Morgan fingerprint density at radius 1 is 0.299 bits per heavy atom. The van der Waals surface area contributed by atoms with E-state index in [0.29, 0.717) is 0 Å². The van der Waals surface area contributed by atoms with E-state index in [4.69, 9.17) is 0 Å². The molecule has 1 heterocycles. The summed E-state index contributed by atoms with van der Waals surface area (Å²) in [5, 5.41) is 6.33. The van der Waals surface area contributed by atoms with Gasteiger partial charge in [0, 0.05) is 39.7 Å². The van der Waals surface area contributed by atoms with Crippen molar-refractivity contribution in [3.63, 3.8) is 0 Å². The van der Waals surface area contributed by atoms with Crippen molar-refractivity contribution in [2.45, 2.75) is 5.41 Å². The van der Waals surface area contributed by atoms with Crippen LogP contribution in [0.1, 0.15) is 22.3 Å². The fraction of sp³-hybridized carbons (Fsp3) is 0.0154. The van der Waals surface area contributed by atoms with Crippen LogP contribution in [0.3, 0.4) is 0 Å². The summed E-state index contributed by atoms with van der Waals surface area (Å²) in [7, 11) is 0. The van der Waals surface area contributed by atoms with Crippen LogP contribution in [-0.4, -0.2) is 4.57 Å². The van der Waals surface area contributed by atoms with Crippen LogP contribution in [0.4, 0.5) is 17.1 Å². The molecule has 0 aliphatic heterocycles. The normalized spacial score (nSPS) is 12.6. The van der Waals surface area contributed by atoms with Crippen molar-refractivity contribution in [3.8, 4) is 39.1 Å². The van der Waals surface area contributed by atoms with Crippen molar-refractivity contribution < 1.29 is 0 Å². The highest BCUT2D eigenvalue weighted by Gasteiger charge is 2.46. The third-order valence-corrected chi connectivity index (χ3v) is 14.1. The van der Waals surface area contributed by atoms with E-state index in [0.717, 1.165) is 22.7 Å². The van der Waals surface area contributed by atoms with Crippen LogP contribution < -0.4 is 4.90 Å². The Bertz CT molecular complexity index is 3640. The topological polar surface area (TPSA) is 8.17 Å². The highest BCUT2D eigenvalue weighted by molar-refractivity contribution is 6.24. The van der Waals surface area contributed by atoms with Crippen molar-refractivity contribution in [1.82, 2.24) is 4.57 Å². The second-order valence-corrected chi connectivity index (χ2v) is 17.6. The van der Waals surface area contributed by atoms with E-state index in [9.17, 15) is 0 Å². The molecule has 0 saturated heterocycles. The first-order chi connectivity index (χ1) is 33.2. The van der Waals surface area contributed by atoms with E-state index in [1.54, 1.807) is 0 Å². The zero-order valence-electron chi connectivity index (χ0n) is 36.8. The first kappa shape index (κ1) is 38.7. The summed E-state index contributed by atoms with van der Waals surface area (Å²) in [4.78, 5) is 2.42. The number of nitrogens with zero attached hydrogens (tertiary/aromatic N) is 2. The molecule has 13 rings (SSSR count). The molecule has 0 amide bonds. The summed E-state index contributed by atoms with van der Waals surface area (Å²) in [5.41, 5.74) is 17.3. The largest absolute Gasteiger partial charge is 0.316 e. The first-order valence-electron chi connectivity index (χ1n) is 23.2. The maximum Gasteiger partial charge on any atom is 0.0715 e. The second-order valence-electron chi connectivity index (χ2n) is 17.6. The Morgan fingerprint density at radius 3 is 1.21 bits per heavy atom. The molecular weight excluding hydrogens is 809 g/mol. The lowest BCUT2D eigenvalue weighted by molar-refractivity contribution is 0.767. The van der Waals surface area contributed by atoms with Gasteiger partial charge in [0.15, 0.2) is 0 Å². The molecule has 67 heavy (non-hydrogen) atoms. The molecule has 2 heteroatoms. The zero-order valence-corrected chi connectivity index (χ0v) is 36.8. The predicted molar refractivity (Wildman–Crippen MR) is 281 cm³/mol. The van der Waals surface area contributed by atoms with E-state index in [2.05, 4.69) is 277 Å². The average molecular weight is 853 g/mol. The lowest BCUT2D eigenvalue weighted by Crippen LogP contribution is -2.29. The molecule has 0 N–H and O–H groups in total. The van der Waals surface area contributed by atoms with Crippen molar-refractivity contribution in [2.75, 3.05) is 4.90 Å². The van der Waals surface area contributed by atoms with Crippen LogP contribution in [0, 0.1) is 0 Å². The Balaban J connectivity index is 1.04. The number of fused-ring (bicyclic) bond motifs is 9. The molecule has 1 aromatic heterocycles. The summed E-state index contributed by atoms with van der Waals surface area (Å²) in [5.74, 6) is 0. The van der Waals surface area contributed by atoms with Gasteiger partial charge >= 0.3 is 0 Å². The van der Waals surface area contributed by atoms with Crippen LogP contribution in [0.2, 0.25) is 0 Å². The number of rotatable bonds is 8. The van der Waals surface area contributed by atoms with Gasteiger partial charge in [0.1, 0.15) is 0 Å². The van der Waals surface area contributed by atoms with Gasteiger partial charge in [-0.05, 0) is 126 Å². The fourth-order valence-electron chi connectivity index (χ4n) is 11.1. The molecule has 0 radical (unpaired) electrons. The maximum atomic E-state index is 2.47. The smallest absolute Gasteiger partial charge is 0.0715 e. The summed E-state index contributed by atoms with van der Waals surface area (Å²) in [6, 6.07) is 95.9. The minimum Gasteiger partial charge on any atom is -0.316 e. The Hall–Kier alpha value is -8.72. The third-order valence-electron chi connectivity index (χ3n) is 14.1. The van der Waals surface area contributed by atoms with Crippen LogP contribution >= 0.6 is 0 Å². The molecule has 0 spiro atoms. The molecule has 0 unspecified atom stereocenters. The van der Waals surface area contributed by atoms with Gasteiger partial charge in [-0.1, -0.05) is 206 Å². The lowest BCUT2D eigenvalue weighted by atomic mass is 9.67. The predicted octanol–water partition coefficient (Wildman–Crippen LogP) is 17.1. The quantitative estimate of drug-likeness (QED) is 0.138. The van der Waals surface area contributed by atoms with Crippen molar-refractivity contribution in [2.24, 2.45) is 0 Å². The van der Waals surface area contributed by atoms with E-state index in [-0.39, 0.29) is 0 Å². The van der Waals surface area contributed by atoms with Gasteiger partial charge in [0.05, 0.1) is 10.9 Å². The molecular formula is C65H44N2. The minimum absolute atomic E-state index is 0.628. The number of anilines is 3. The van der Waals surface area contributed by atoms with Crippen LogP contribution in [-0.2, 0) is 5.41 Å². The Kier molecular flexibility index (Phi) is 9.11. The van der Waals surface area contributed by atoms with Crippen molar-refractivity contribution >= 4 is 49.5 Å². The summed E-state index contributed by atoms with van der Waals surface area (Å²) in [6.07, 6.45) is 2.27. The summed E-state index contributed by atoms with van der Waals surface area (Å²) >= 11 is 0. The van der Waals surface area contributed by atoms with Gasteiger partial charge in [-0.2, -0.15) is 0 Å². The highest BCUT2D eigenvalue weighted by atomic mass is 15.1. The number of hydrogen-bond donors (Lipinski definition) is 0. The monoisotopic (exact) mass is 852 g/mol. The molecule has 12 aromatic rings. The van der Waals surface area contributed by atoms with Gasteiger partial charge in [0.25, 0.3) is 0 Å². The number of aromatic nitrogens is 1.